The summed E-state index contributed by atoms with van der Waals surface area (Å²) in [6.45, 7) is 10.4. The van der Waals surface area contributed by atoms with Gasteiger partial charge in [-0.3, -0.25) is 9.59 Å². The third kappa shape index (κ3) is 4.47. The first kappa shape index (κ1) is 21.3. The zero-order chi connectivity index (χ0) is 20.5. The SMILES string of the molecule is C=C1C(=O)O[C@@H]2C[C@@H](C)/C=C\C(=O)[C@](C)(O)[C@H](OC(=O)CC(C)C)[C@@H](O)[C@@H]12. The summed E-state index contributed by atoms with van der Waals surface area (Å²) in [4.78, 5) is 36.7. The molecule has 1 saturated heterocycles. The lowest BCUT2D eigenvalue weighted by Crippen LogP contribution is -2.57. The van der Waals surface area contributed by atoms with Crippen molar-refractivity contribution in [3.63, 3.8) is 0 Å². The third-order valence-electron chi connectivity index (χ3n) is 5.07. The van der Waals surface area contributed by atoms with Gasteiger partial charge in [-0.05, 0) is 31.3 Å². The molecule has 27 heavy (non-hydrogen) atoms. The predicted molar refractivity (Wildman–Crippen MR) is 96.4 cm³/mol. The second-order valence-electron chi connectivity index (χ2n) is 8.08. The number of hydrogen-bond donors (Lipinski definition) is 2. The number of carbonyl (C=O) groups excluding carboxylic acids is 3. The van der Waals surface area contributed by atoms with E-state index < -0.39 is 47.6 Å². The Labute approximate surface area is 159 Å². The van der Waals surface area contributed by atoms with Crippen LogP contribution in [0.4, 0.5) is 0 Å². The molecule has 0 aromatic carbocycles. The molecule has 150 valence electrons. The Hall–Kier alpha value is -1.99. The van der Waals surface area contributed by atoms with E-state index in [1.54, 1.807) is 6.08 Å². The van der Waals surface area contributed by atoms with E-state index in [0.717, 1.165) is 0 Å². The van der Waals surface area contributed by atoms with Crippen molar-refractivity contribution in [3.05, 3.63) is 24.3 Å². The highest BCUT2D eigenvalue weighted by atomic mass is 16.6. The summed E-state index contributed by atoms with van der Waals surface area (Å²) in [5.74, 6) is -3.01. The molecule has 0 saturated carbocycles. The molecule has 6 atom stereocenters. The molecule has 1 aliphatic carbocycles. The van der Waals surface area contributed by atoms with Gasteiger partial charge in [0.15, 0.2) is 17.5 Å². The van der Waals surface area contributed by atoms with Gasteiger partial charge in [0.05, 0.1) is 5.92 Å². The average molecular weight is 380 g/mol. The van der Waals surface area contributed by atoms with Crippen LogP contribution in [-0.4, -0.2) is 51.8 Å². The first-order valence-electron chi connectivity index (χ1n) is 9.17. The number of ether oxygens (including phenoxy) is 2. The van der Waals surface area contributed by atoms with E-state index in [1.807, 2.05) is 20.8 Å². The molecular weight excluding hydrogens is 352 g/mol. The van der Waals surface area contributed by atoms with Crippen LogP contribution in [0.25, 0.3) is 0 Å². The number of hydrogen-bond acceptors (Lipinski definition) is 7. The van der Waals surface area contributed by atoms with E-state index in [1.165, 1.54) is 13.0 Å². The monoisotopic (exact) mass is 380 g/mol. The van der Waals surface area contributed by atoms with Crippen LogP contribution in [0.5, 0.6) is 0 Å². The number of allylic oxidation sites excluding steroid dienone is 1. The number of aliphatic hydroxyl groups excluding tert-OH is 1. The number of ketones is 1. The number of esters is 2. The highest BCUT2D eigenvalue weighted by Gasteiger charge is 2.53. The van der Waals surface area contributed by atoms with Crippen LogP contribution in [-0.2, 0) is 23.9 Å². The van der Waals surface area contributed by atoms with Gasteiger partial charge < -0.3 is 19.7 Å². The Morgan fingerprint density at radius 1 is 1.44 bits per heavy atom. The summed E-state index contributed by atoms with van der Waals surface area (Å²) < 4.78 is 10.7. The molecule has 0 aromatic heterocycles. The zero-order valence-electron chi connectivity index (χ0n) is 16.2. The maximum atomic E-state index is 12.5. The van der Waals surface area contributed by atoms with Crippen molar-refractivity contribution in [2.24, 2.45) is 17.8 Å². The fraction of sp³-hybridized carbons (Fsp3) is 0.650. The zero-order valence-corrected chi connectivity index (χ0v) is 16.2. The highest BCUT2D eigenvalue weighted by molar-refractivity contribution is 5.97. The molecule has 2 aliphatic rings. The Morgan fingerprint density at radius 3 is 2.67 bits per heavy atom. The highest BCUT2D eigenvalue weighted by Crippen LogP contribution is 2.38. The van der Waals surface area contributed by atoms with Crippen molar-refractivity contribution in [3.8, 4) is 0 Å². The van der Waals surface area contributed by atoms with Crippen LogP contribution in [0.2, 0.25) is 0 Å². The number of rotatable bonds is 3. The van der Waals surface area contributed by atoms with Crippen molar-refractivity contribution in [2.45, 2.75) is 64.4 Å². The van der Waals surface area contributed by atoms with Crippen molar-refractivity contribution < 1.29 is 34.1 Å². The van der Waals surface area contributed by atoms with Gasteiger partial charge in [0.2, 0.25) is 0 Å². The average Bonchev–Trinajstić information content (AvgIpc) is 2.82. The summed E-state index contributed by atoms with van der Waals surface area (Å²) in [6.07, 6.45) is -0.526. The van der Waals surface area contributed by atoms with Crippen molar-refractivity contribution in [1.82, 2.24) is 0 Å². The van der Waals surface area contributed by atoms with E-state index >= 15 is 0 Å². The second kappa shape index (κ2) is 7.94. The second-order valence-corrected chi connectivity index (χ2v) is 8.08. The predicted octanol–water partition coefficient (Wildman–Crippen LogP) is 1.32. The van der Waals surface area contributed by atoms with Gasteiger partial charge in [-0.25, -0.2) is 4.79 Å². The summed E-state index contributed by atoms with van der Waals surface area (Å²) in [6, 6.07) is 0. The van der Waals surface area contributed by atoms with Gasteiger partial charge >= 0.3 is 11.9 Å². The lowest BCUT2D eigenvalue weighted by Gasteiger charge is -2.37. The van der Waals surface area contributed by atoms with Gasteiger partial charge in [-0.2, -0.15) is 0 Å². The third-order valence-corrected chi connectivity index (χ3v) is 5.07. The number of fused-ring (bicyclic) bond motifs is 1. The van der Waals surface area contributed by atoms with Crippen LogP contribution in [0.1, 0.15) is 40.5 Å². The van der Waals surface area contributed by atoms with Crippen LogP contribution >= 0.6 is 0 Å². The molecule has 1 heterocycles. The summed E-state index contributed by atoms with van der Waals surface area (Å²) in [5, 5.41) is 21.8. The maximum Gasteiger partial charge on any atom is 0.334 e. The van der Waals surface area contributed by atoms with E-state index in [0.29, 0.717) is 6.42 Å². The fourth-order valence-corrected chi connectivity index (χ4v) is 3.50. The smallest absolute Gasteiger partial charge is 0.334 e. The van der Waals surface area contributed by atoms with Gasteiger partial charge in [-0.1, -0.05) is 33.4 Å². The normalized spacial score (nSPS) is 38.3. The lowest BCUT2D eigenvalue weighted by molar-refractivity contribution is -0.187. The molecule has 7 heteroatoms. The van der Waals surface area contributed by atoms with Crippen LogP contribution in [0, 0.1) is 17.8 Å². The minimum Gasteiger partial charge on any atom is -0.458 e. The van der Waals surface area contributed by atoms with Gasteiger partial charge in [0, 0.05) is 12.0 Å². The van der Waals surface area contributed by atoms with Crippen molar-refractivity contribution >= 4 is 17.7 Å². The molecule has 1 aliphatic heterocycles. The molecule has 1 fully saturated rings. The molecule has 0 unspecified atom stereocenters. The summed E-state index contributed by atoms with van der Waals surface area (Å²) in [5.41, 5.74) is -2.13. The van der Waals surface area contributed by atoms with Gasteiger partial charge in [-0.15, -0.1) is 0 Å². The number of aliphatic hydroxyl groups is 2. The molecule has 0 spiro atoms. The van der Waals surface area contributed by atoms with Crippen LogP contribution in [0.15, 0.2) is 24.3 Å². The van der Waals surface area contributed by atoms with Crippen LogP contribution in [0.3, 0.4) is 0 Å². The van der Waals surface area contributed by atoms with E-state index in [2.05, 4.69) is 6.58 Å². The fourth-order valence-electron chi connectivity index (χ4n) is 3.50. The molecule has 0 bridgehead atoms. The number of carbonyl (C=O) groups is 3. The van der Waals surface area contributed by atoms with E-state index in [9.17, 15) is 24.6 Å². The molecule has 2 N–H and O–H groups in total. The maximum absolute atomic E-state index is 12.5. The topological polar surface area (TPSA) is 110 Å². The molecule has 0 radical (unpaired) electrons. The van der Waals surface area contributed by atoms with Crippen molar-refractivity contribution in [1.29, 1.82) is 0 Å². The molecule has 0 aromatic rings. The summed E-state index contributed by atoms with van der Waals surface area (Å²) >= 11 is 0. The molecule has 7 nitrogen and oxygen atoms in total. The first-order chi connectivity index (χ1) is 12.4. The Morgan fingerprint density at radius 2 is 2.07 bits per heavy atom. The molecule has 2 rings (SSSR count). The minimum atomic E-state index is -2.17. The van der Waals surface area contributed by atoms with Crippen LogP contribution < -0.4 is 0 Å². The first-order valence-corrected chi connectivity index (χ1v) is 9.17. The minimum absolute atomic E-state index is 0.00493. The molecule has 0 amide bonds. The largest absolute Gasteiger partial charge is 0.458 e. The Balaban J connectivity index is 2.46. The van der Waals surface area contributed by atoms with Gasteiger partial charge in [0.1, 0.15) is 12.2 Å². The Bertz CT molecular complexity index is 661. The quantitative estimate of drug-likeness (QED) is 0.561. The lowest BCUT2D eigenvalue weighted by atomic mass is 9.77. The van der Waals surface area contributed by atoms with E-state index in [4.69, 9.17) is 9.47 Å². The van der Waals surface area contributed by atoms with Crippen molar-refractivity contribution in [2.75, 3.05) is 0 Å². The molecular formula is C20H28O7. The summed E-state index contributed by atoms with van der Waals surface area (Å²) in [7, 11) is 0. The Kier molecular flexibility index (Phi) is 6.27. The van der Waals surface area contributed by atoms with Gasteiger partial charge in [0.25, 0.3) is 0 Å². The van der Waals surface area contributed by atoms with E-state index in [-0.39, 0.29) is 23.8 Å². The standard InChI is InChI=1S/C20H28O7/c1-10(2)8-15(22)27-18-17(23)16-12(4)19(24)26-13(16)9-11(3)6-7-14(21)20(18,5)25/h6-7,10-11,13,16-18,23,25H,4,8-9H2,1-3,5H3/b7-6-/t11-,13+,16-,17-,18+,20-/m0/s1.